The van der Waals surface area contributed by atoms with Crippen LogP contribution in [0.1, 0.15) is 55.3 Å². The number of nitrogens with two attached hydrogens (primary N) is 1. The summed E-state index contributed by atoms with van der Waals surface area (Å²) in [6.45, 7) is 0. The highest BCUT2D eigenvalue weighted by Crippen LogP contribution is 2.58. The maximum Gasteiger partial charge on any atom is 0.254 e. The van der Waals surface area contributed by atoms with Gasteiger partial charge >= 0.3 is 0 Å². The first-order valence-electron chi connectivity index (χ1n) is 8.81. The van der Waals surface area contributed by atoms with Crippen molar-refractivity contribution in [1.29, 1.82) is 0 Å². The van der Waals surface area contributed by atoms with Crippen LogP contribution in [0.2, 0.25) is 0 Å². The predicted octanol–water partition coefficient (Wildman–Crippen LogP) is 1.91. The molecule has 1 heterocycles. The summed E-state index contributed by atoms with van der Waals surface area (Å²) in [4.78, 5) is 20.5. The fraction of sp³-hybridized carbons (Fsp3) is 0.706. The van der Waals surface area contributed by atoms with Crippen molar-refractivity contribution in [3.63, 3.8) is 0 Å². The van der Waals surface area contributed by atoms with E-state index in [1.807, 2.05) is 0 Å². The number of hydrogen-bond donors (Lipinski definition) is 3. The standard InChI is InChI=1S/C17H25N5O2/c1-24-12-4-2-11(3-5-12)20-16-19-9-13(14(18)23)15(21-16)22-17-6-10(7-17)8-17/h9-12H,2-8H2,1H3,(H2,18,23)(H2,19,20,21,22)/t10?,11-,12-,17?. The number of rotatable bonds is 6. The van der Waals surface area contributed by atoms with Crippen molar-refractivity contribution < 1.29 is 9.53 Å². The van der Waals surface area contributed by atoms with Gasteiger partial charge in [-0.15, -0.1) is 0 Å². The normalized spacial score (nSPS) is 34.0. The maximum absolute atomic E-state index is 11.7. The Bertz CT molecular complexity index is 625. The highest BCUT2D eigenvalue weighted by Gasteiger charge is 2.57. The van der Waals surface area contributed by atoms with Crippen LogP contribution in [0.3, 0.4) is 0 Å². The van der Waals surface area contributed by atoms with Crippen molar-refractivity contribution in [2.24, 2.45) is 11.7 Å². The van der Waals surface area contributed by atoms with E-state index in [0.717, 1.165) is 31.6 Å². The molecule has 7 nitrogen and oxygen atoms in total. The van der Waals surface area contributed by atoms with E-state index >= 15 is 0 Å². The number of methoxy groups -OCH3 is 1. The topological polar surface area (TPSA) is 102 Å². The molecule has 0 saturated heterocycles. The van der Waals surface area contributed by atoms with Gasteiger partial charge in [0, 0.05) is 24.9 Å². The Labute approximate surface area is 141 Å². The van der Waals surface area contributed by atoms with Gasteiger partial charge < -0.3 is 21.1 Å². The maximum atomic E-state index is 11.7. The number of hydrogen-bond acceptors (Lipinski definition) is 6. The molecule has 0 aromatic carbocycles. The molecule has 5 rings (SSSR count). The van der Waals surface area contributed by atoms with E-state index in [1.165, 1.54) is 25.5 Å². The van der Waals surface area contributed by atoms with Gasteiger partial charge in [-0.05, 0) is 50.9 Å². The number of aromatic nitrogens is 2. The average molecular weight is 331 g/mol. The summed E-state index contributed by atoms with van der Waals surface area (Å²) in [5, 5.41) is 6.85. The van der Waals surface area contributed by atoms with Crippen molar-refractivity contribution in [2.45, 2.75) is 62.6 Å². The largest absolute Gasteiger partial charge is 0.381 e. The highest BCUT2D eigenvalue weighted by atomic mass is 16.5. The SMILES string of the molecule is CO[C@H]1CC[C@H](Nc2ncc(C(N)=O)c(NC34CC(C3)C4)n2)CC1. The van der Waals surface area contributed by atoms with Crippen molar-refractivity contribution in [1.82, 2.24) is 9.97 Å². The summed E-state index contributed by atoms with van der Waals surface area (Å²) in [6, 6.07) is 0.346. The van der Waals surface area contributed by atoms with E-state index in [-0.39, 0.29) is 5.54 Å². The molecule has 1 amide bonds. The first-order chi connectivity index (χ1) is 11.6. The molecule has 0 spiro atoms. The van der Waals surface area contributed by atoms with E-state index in [4.69, 9.17) is 10.5 Å². The lowest BCUT2D eigenvalue weighted by Gasteiger charge is -2.62. The van der Waals surface area contributed by atoms with Gasteiger partial charge in [-0.2, -0.15) is 4.98 Å². The van der Waals surface area contributed by atoms with Gasteiger partial charge in [-0.25, -0.2) is 4.98 Å². The quantitative estimate of drug-likeness (QED) is 0.736. The van der Waals surface area contributed by atoms with Gasteiger partial charge in [-0.1, -0.05) is 0 Å². The Kier molecular flexibility index (Phi) is 3.83. The van der Waals surface area contributed by atoms with E-state index < -0.39 is 5.91 Å². The number of anilines is 2. The molecular weight excluding hydrogens is 306 g/mol. The van der Waals surface area contributed by atoms with Crippen LogP contribution < -0.4 is 16.4 Å². The molecule has 130 valence electrons. The second-order valence-electron chi connectivity index (χ2n) is 7.56. The van der Waals surface area contributed by atoms with Crippen molar-refractivity contribution in [3.05, 3.63) is 11.8 Å². The summed E-state index contributed by atoms with van der Waals surface area (Å²) in [6.07, 6.45) is 9.56. The lowest BCUT2D eigenvalue weighted by atomic mass is 9.50. The van der Waals surface area contributed by atoms with Crippen molar-refractivity contribution in [2.75, 3.05) is 17.7 Å². The lowest BCUT2D eigenvalue weighted by molar-refractivity contribution is 0.00177. The third kappa shape index (κ3) is 2.81. The summed E-state index contributed by atoms with van der Waals surface area (Å²) >= 11 is 0. The number of amides is 1. The van der Waals surface area contributed by atoms with Crippen LogP contribution >= 0.6 is 0 Å². The number of carbonyl (C=O) groups is 1. The van der Waals surface area contributed by atoms with Crippen LogP contribution in [0.5, 0.6) is 0 Å². The summed E-state index contributed by atoms with van der Waals surface area (Å²) in [5.41, 5.74) is 5.98. The molecule has 24 heavy (non-hydrogen) atoms. The Hall–Kier alpha value is -1.89. The third-order valence-electron chi connectivity index (χ3n) is 5.82. The van der Waals surface area contributed by atoms with Gasteiger partial charge in [-0.3, -0.25) is 4.79 Å². The minimum Gasteiger partial charge on any atom is -0.381 e. The average Bonchev–Trinajstić information content (AvgIpc) is 2.50. The first-order valence-corrected chi connectivity index (χ1v) is 8.81. The van der Waals surface area contributed by atoms with Gasteiger partial charge in [0.15, 0.2) is 0 Å². The Morgan fingerprint density at radius 3 is 2.54 bits per heavy atom. The highest BCUT2D eigenvalue weighted by molar-refractivity contribution is 5.97. The minimum absolute atomic E-state index is 0.136. The second-order valence-corrected chi connectivity index (χ2v) is 7.56. The fourth-order valence-corrected chi connectivity index (χ4v) is 4.24. The van der Waals surface area contributed by atoms with Gasteiger partial charge in [0.05, 0.1) is 11.7 Å². The number of nitrogens with one attached hydrogen (secondary N) is 2. The molecule has 4 N–H and O–H groups in total. The molecule has 4 aliphatic rings. The predicted molar refractivity (Wildman–Crippen MR) is 90.9 cm³/mol. The number of primary amides is 1. The molecular formula is C17H25N5O2. The van der Waals surface area contributed by atoms with Crippen LogP contribution in [0.15, 0.2) is 6.20 Å². The number of ether oxygens (including phenoxy) is 1. The molecule has 0 unspecified atom stereocenters. The zero-order chi connectivity index (χ0) is 16.7. The monoisotopic (exact) mass is 331 g/mol. The molecule has 4 saturated carbocycles. The van der Waals surface area contributed by atoms with E-state index in [9.17, 15) is 4.79 Å². The van der Waals surface area contributed by atoms with Crippen molar-refractivity contribution in [3.8, 4) is 0 Å². The summed E-state index contributed by atoms with van der Waals surface area (Å²) in [7, 11) is 1.77. The van der Waals surface area contributed by atoms with Gasteiger partial charge in [0.2, 0.25) is 5.95 Å². The third-order valence-corrected chi connectivity index (χ3v) is 5.82. The summed E-state index contributed by atoms with van der Waals surface area (Å²) < 4.78 is 5.41. The minimum atomic E-state index is -0.490. The van der Waals surface area contributed by atoms with Crippen molar-refractivity contribution >= 4 is 17.7 Å². The van der Waals surface area contributed by atoms with Crippen LogP contribution in [0.4, 0.5) is 11.8 Å². The summed E-state index contributed by atoms with van der Waals surface area (Å²) in [5.74, 6) is 1.50. The van der Waals surface area contributed by atoms with Crippen LogP contribution in [0, 0.1) is 5.92 Å². The Morgan fingerprint density at radius 2 is 2.00 bits per heavy atom. The Balaban J connectivity index is 1.46. The van der Waals surface area contributed by atoms with Gasteiger partial charge in [0.1, 0.15) is 5.82 Å². The second kappa shape index (κ2) is 5.88. The first kappa shape index (κ1) is 15.6. The van der Waals surface area contributed by atoms with Crippen LogP contribution in [0.25, 0.3) is 0 Å². The molecule has 4 fully saturated rings. The zero-order valence-electron chi connectivity index (χ0n) is 14.0. The molecule has 1 aromatic rings. The zero-order valence-corrected chi connectivity index (χ0v) is 14.0. The molecule has 0 aliphatic heterocycles. The molecule has 1 aromatic heterocycles. The van der Waals surface area contributed by atoms with Crippen LogP contribution in [-0.4, -0.2) is 40.7 Å². The molecule has 7 heteroatoms. The number of carbonyl (C=O) groups excluding carboxylic acids is 1. The van der Waals surface area contributed by atoms with Crippen LogP contribution in [-0.2, 0) is 4.74 Å². The van der Waals surface area contributed by atoms with E-state index in [1.54, 1.807) is 7.11 Å². The molecule has 4 aliphatic carbocycles. The molecule has 0 radical (unpaired) electrons. The Morgan fingerprint density at radius 1 is 1.29 bits per heavy atom. The van der Waals surface area contributed by atoms with E-state index in [2.05, 4.69) is 20.6 Å². The smallest absolute Gasteiger partial charge is 0.254 e. The lowest BCUT2D eigenvalue weighted by Crippen LogP contribution is -2.63. The molecule has 2 bridgehead atoms. The number of nitrogens with zero attached hydrogens (tertiary/aromatic N) is 2. The molecule has 0 atom stereocenters. The fourth-order valence-electron chi connectivity index (χ4n) is 4.24. The van der Waals surface area contributed by atoms with E-state index in [0.29, 0.717) is 29.5 Å². The van der Waals surface area contributed by atoms with Gasteiger partial charge in [0.25, 0.3) is 5.91 Å².